The normalized spacial score (nSPS) is 21.1. The highest BCUT2D eigenvalue weighted by molar-refractivity contribution is 7.92. The standard InChI is InChI=1S/C17H24ClN3O5S/c1-27(23,24)21-6-4-16(26-15-3-2-13(18)12-14(15)21)17(22)19-5-7-20-8-10-25-11-9-20/h2-3,12,16H,4-11H2,1H3,(H,19,22)/t16-/m1/s1. The van der Waals surface area contributed by atoms with Crippen molar-refractivity contribution in [2.45, 2.75) is 12.5 Å². The second-order valence-electron chi connectivity index (χ2n) is 6.59. The molecule has 1 saturated heterocycles. The van der Waals surface area contributed by atoms with Crippen LogP contribution in [0.15, 0.2) is 18.2 Å². The molecule has 0 saturated carbocycles. The fraction of sp³-hybridized carbons (Fsp3) is 0.588. The Morgan fingerprint density at radius 1 is 1.30 bits per heavy atom. The highest BCUT2D eigenvalue weighted by Crippen LogP contribution is 2.36. The van der Waals surface area contributed by atoms with Crippen molar-refractivity contribution in [3.8, 4) is 5.75 Å². The van der Waals surface area contributed by atoms with Gasteiger partial charge in [-0.3, -0.25) is 14.0 Å². The number of carbonyl (C=O) groups excluding carboxylic acids is 1. The molecule has 1 N–H and O–H groups in total. The van der Waals surface area contributed by atoms with Crippen LogP contribution >= 0.6 is 11.6 Å². The molecule has 0 unspecified atom stereocenters. The number of rotatable bonds is 5. The van der Waals surface area contributed by atoms with E-state index < -0.39 is 16.1 Å². The van der Waals surface area contributed by atoms with Gasteiger partial charge in [0.15, 0.2) is 6.10 Å². The van der Waals surface area contributed by atoms with E-state index in [9.17, 15) is 13.2 Å². The van der Waals surface area contributed by atoms with Crippen LogP contribution in [0.25, 0.3) is 0 Å². The van der Waals surface area contributed by atoms with Crippen LogP contribution < -0.4 is 14.4 Å². The summed E-state index contributed by atoms with van der Waals surface area (Å²) in [6.45, 7) is 4.51. The molecule has 150 valence electrons. The summed E-state index contributed by atoms with van der Waals surface area (Å²) >= 11 is 6.02. The highest BCUT2D eigenvalue weighted by atomic mass is 35.5. The lowest BCUT2D eigenvalue weighted by Crippen LogP contribution is -2.45. The number of hydrogen-bond donors (Lipinski definition) is 1. The summed E-state index contributed by atoms with van der Waals surface area (Å²) in [6.07, 6.45) is 0.616. The van der Waals surface area contributed by atoms with E-state index in [1.165, 1.54) is 10.4 Å². The van der Waals surface area contributed by atoms with Gasteiger partial charge in [-0.05, 0) is 18.2 Å². The molecule has 10 heteroatoms. The largest absolute Gasteiger partial charge is 0.478 e. The van der Waals surface area contributed by atoms with E-state index in [0.29, 0.717) is 36.2 Å². The van der Waals surface area contributed by atoms with E-state index in [2.05, 4.69) is 10.2 Å². The summed E-state index contributed by atoms with van der Waals surface area (Å²) in [4.78, 5) is 14.8. The Hall–Kier alpha value is -1.55. The molecule has 0 aliphatic carbocycles. The second kappa shape index (κ2) is 8.64. The number of ether oxygens (including phenoxy) is 2. The van der Waals surface area contributed by atoms with Gasteiger partial charge < -0.3 is 14.8 Å². The summed E-state index contributed by atoms with van der Waals surface area (Å²) in [5.41, 5.74) is 0.355. The molecule has 0 aromatic heterocycles. The van der Waals surface area contributed by atoms with Crippen LogP contribution in [0.5, 0.6) is 5.75 Å². The maximum atomic E-state index is 12.6. The molecule has 27 heavy (non-hydrogen) atoms. The molecule has 0 radical (unpaired) electrons. The van der Waals surface area contributed by atoms with Gasteiger partial charge in [0, 0.05) is 44.2 Å². The summed E-state index contributed by atoms with van der Waals surface area (Å²) in [6, 6.07) is 4.74. The van der Waals surface area contributed by atoms with Crippen LogP contribution in [0.3, 0.4) is 0 Å². The lowest BCUT2D eigenvalue weighted by atomic mass is 10.2. The summed E-state index contributed by atoms with van der Waals surface area (Å²) in [5, 5.41) is 3.29. The minimum atomic E-state index is -3.52. The van der Waals surface area contributed by atoms with Gasteiger partial charge in [0.25, 0.3) is 5.91 Å². The zero-order chi connectivity index (χ0) is 19.4. The molecule has 1 amide bonds. The lowest BCUT2D eigenvalue weighted by molar-refractivity contribution is -0.128. The fourth-order valence-corrected chi connectivity index (χ4v) is 4.26. The molecule has 1 atom stereocenters. The van der Waals surface area contributed by atoms with E-state index in [4.69, 9.17) is 21.1 Å². The van der Waals surface area contributed by atoms with Gasteiger partial charge in [-0.2, -0.15) is 0 Å². The summed E-state index contributed by atoms with van der Waals surface area (Å²) < 4.78 is 36.7. The third kappa shape index (κ3) is 5.25. The smallest absolute Gasteiger partial charge is 0.261 e. The molecule has 8 nitrogen and oxygen atoms in total. The lowest BCUT2D eigenvalue weighted by Gasteiger charge is -2.26. The fourth-order valence-electron chi connectivity index (χ4n) is 3.16. The SMILES string of the molecule is CS(=O)(=O)N1CC[C@H](C(=O)NCCN2CCOCC2)Oc2ccc(Cl)cc21. The topological polar surface area (TPSA) is 88.2 Å². The first kappa shape index (κ1) is 20.2. The first-order valence-electron chi connectivity index (χ1n) is 8.86. The second-order valence-corrected chi connectivity index (χ2v) is 8.93. The number of fused-ring (bicyclic) bond motifs is 1. The van der Waals surface area contributed by atoms with E-state index in [-0.39, 0.29) is 18.9 Å². The Kier molecular flexibility index (Phi) is 6.46. The molecular formula is C17H24ClN3O5S. The van der Waals surface area contributed by atoms with Crippen molar-refractivity contribution in [1.82, 2.24) is 10.2 Å². The van der Waals surface area contributed by atoms with Gasteiger partial charge in [-0.1, -0.05) is 11.6 Å². The predicted octanol–water partition coefficient (Wildman–Crippen LogP) is 0.706. The Labute approximate surface area is 164 Å². The van der Waals surface area contributed by atoms with Gasteiger partial charge in [-0.25, -0.2) is 8.42 Å². The van der Waals surface area contributed by atoms with Crippen molar-refractivity contribution in [2.75, 3.05) is 56.5 Å². The number of benzene rings is 1. The maximum Gasteiger partial charge on any atom is 0.261 e. The van der Waals surface area contributed by atoms with E-state index in [1.54, 1.807) is 12.1 Å². The number of carbonyl (C=O) groups is 1. The Morgan fingerprint density at radius 3 is 2.74 bits per heavy atom. The first-order chi connectivity index (χ1) is 12.8. The van der Waals surface area contributed by atoms with Crippen LogP contribution in [0, 0.1) is 0 Å². The van der Waals surface area contributed by atoms with Crippen molar-refractivity contribution in [3.63, 3.8) is 0 Å². The van der Waals surface area contributed by atoms with Gasteiger partial charge in [0.05, 0.1) is 25.2 Å². The number of morpholine rings is 1. The average molecular weight is 418 g/mol. The summed E-state index contributed by atoms with van der Waals surface area (Å²) in [7, 11) is -3.52. The number of halogens is 1. The molecule has 2 heterocycles. The molecule has 0 bridgehead atoms. The van der Waals surface area contributed by atoms with Gasteiger partial charge in [-0.15, -0.1) is 0 Å². The Morgan fingerprint density at radius 2 is 2.04 bits per heavy atom. The quantitative estimate of drug-likeness (QED) is 0.759. The van der Waals surface area contributed by atoms with Crippen molar-refractivity contribution < 1.29 is 22.7 Å². The minimum Gasteiger partial charge on any atom is -0.478 e. The molecule has 0 spiro atoms. The van der Waals surface area contributed by atoms with Crippen LogP contribution in [-0.2, 0) is 19.6 Å². The van der Waals surface area contributed by atoms with Crippen molar-refractivity contribution in [1.29, 1.82) is 0 Å². The molecule has 1 fully saturated rings. The van der Waals surface area contributed by atoms with Crippen molar-refractivity contribution in [3.05, 3.63) is 23.2 Å². The van der Waals surface area contributed by atoms with Crippen LogP contribution in [0.4, 0.5) is 5.69 Å². The van der Waals surface area contributed by atoms with Gasteiger partial charge in [0.2, 0.25) is 10.0 Å². The molecule has 1 aromatic carbocycles. The number of nitrogens with zero attached hydrogens (tertiary/aromatic N) is 2. The average Bonchev–Trinajstić information content (AvgIpc) is 2.81. The van der Waals surface area contributed by atoms with Crippen LogP contribution in [0.1, 0.15) is 6.42 Å². The monoisotopic (exact) mass is 417 g/mol. The third-order valence-electron chi connectivity index (χ3n) is 4.58. The minimum absolute atomic E-state index is 0.147. The van der Waals surface area contributed by atoms with Gasteiger partial charge >= 0.3 is 0 Å². The zero-order valence-corrected chi connectivity index (χ0v) is 16.8. The molecule has 2 aliphatic heterocycles. The number of hydrogen-bond acceptors (Lipinski definition) is 6. The number of nitrogens with one attached hydrogen (secondary N) is 1. The highest BCUT2D eigenvalue weighted by Gasteiger charge is 2.31. The van der Waals surface area contributed by atoms with E-state index >= 15 is 0 Å². The molecule has 1 aromatic rings. The molecule has 2 aliphatic rings. The predicted molar refractivity (Wildman–Crippen MR) is 103 cm³/mol. The van der Waals surface area contributed by atoms with E-state index in [0.717, 1.165) is 25.9 Å². The number of sulfonamides is 1. The molecular weight excluding hydrogens is 394 g/mol. The number of anilines is 1. The van der Waals surface area contributed by atoms with Crippen LogP contribution in [-0.4, -0.2) is 77.5 Å². The first-order valence-corrected chi connectivity index (χ1v) is 11.1. The Balaban J connectivity index is 1.65. The van der Waals surface area contributed by atoms with Crippen molar-refractivity contribution >= 4 is 33.2 Å². The van der Waals surface area contributed by atoms with Gasteiger partial charge in [0.1, 0.15) is 5.75 Å². The molecule has 3 rings (SSSR count). The van der Waals surface area contributed by atoms with E-state index in [1.807, 2.05) is 0 Å². The van der Waals surface area contributed by atoms with Crippen LogP contribution in [0.2, 0.25) is 5.02 Å². The summed E-state index contributed by atoms with van der Waals surface area (Å²) in [5.74, 6) is 0.0789. The van der Waals surface area contributed by atoms with Crippen molar-refractivity contribution in [2.24, 2.45) is 0 Å². The maximum absolute atomic E-state index is 12.6. The number of amides is 1. The zero-order valence-electron chi connectivity index (χ0n) is 15.2. The third-order valence-corrected chi connectivity index (χ3v) is 5.99. The Bertz CT molecular complexity index is 783.